The normalized spacial score (nSPS) is 22.9. The van der Waals surface area contributed by atoms with Crippen LogP contribution in [-0.2, 0) is 16.8 Å². The highest BCUT2D eigenvalue weighted by Gasteiger charge is 2.42. The molecule has 43 heavy (non-hydrogen) atoms. The summed E-state index contributed by atoms with van der Waals surface area (Å²) in [7, 11) is 0. The Labute approximate surface area is 250 Å². The Balaban J connectivity index is 1.50. The second kappa shape index (κ2) is 11.3. The first-order valence-electron chi connectivity index (χ1n) is 14.5. The number of para-hydroxylation sites is 1. The number of oxazole rings is 1. The molecule has 0 spiro atoms. The van der Waals surface area contributed by atoms with Gasteiger partial charge in [0.25, 0.3) is 5.56 Å². The van der Waals surface area contributed by atoms with Crippen LogP contribution in [0, 0.1) is 18.8 Å². The number of halogens is 2. The van der Waals surface area contributed by atoms with Crippen molar-refractivity contribution in [3.8, 4) is 16.5 Å². The summed E-state index contributed by atoms with van der Waals surface area (Å²) in [5.74, 6) is 0.956. The molecule has 2 aliphatic rings. The average molecular weight is 616 g/mol. The smallest absolute Gasteiger partial charge is 0.387 e. The van der Waals surface area contributed by atoms with Crippen molar-refractivity contribution < 1.29 is 27.8 Å². The van der Waals surface area contributed by atoms with E-state index in [9.17, 15) is 23.5 Å². The van der Waals surface area contributed by atoms with Crippen molar-refractivity contribution in [1.82, 2.24) is 14.1 Å². The lowest BCUT2D eigenvalue weighted by Gasteiger charge is -2.28. The summed E-state index contributed by atoms with van der Waals surface area (Å²) in [5.41, 5.74) is -0.776. The van der Waals surface area contributed by atoms with E-state index in [1.807, 2.05) is 0 Å². The second-order valence-electron chi connectivity index (χ2n) is 12.6. The van der Waals surface area contributed by atoms with E-state index in [1.165, 1.54) is 39.0 Å². The number of nitrogens with zero attached hydrogens (tertiary/aromatic N) is 3. The van der Waals surface area contributed by atoms with Gasteiger partial charge in [0.15, 0.2) is 0 Å². The fraction of sp³-hybridized carbons (Fsp3) is 0.516. The molecule has 1 aromatic carbocycles. The van der Waals surface area contributed by atoms with E-state index in [2.05, 4.69) is 4.98 Å². The number of fused-ring (bicyclic) bond motifs is 2. The number of hydrogen-bond acceptors (Lipinski definition) is 8. The van der Waals surface area contributed by atoms with Crippen LogP contribution in [0.1, 0.15) is 63.7 Å². The number of aromatic nitrogens is 3. The summed E-state index contributed by atoms with van der Waals surface area (Å²) in [6.07, 6.45) is 4.51. The maximum Gasteiger partial charge on any atom is 0.387 e. The van der Waals surface area contributed by atoms with Crippen molar-refractivity contribution >= 4 is 21.6 Å². The van der Waals surface area contributed by atoms with Crippen LogP contribution in [0.3, 0.4) is 0 Å². The zero-order chi connectivity index (χ0) is 30.6. The van der Waals surface area contributed by atoms with Crippen molar-refractivity contribution in [1.29, 1.82) is 0 Å². The molecule has 2 fully saturated rings. The van der Waals surface area contributed by atoms with E-state index in [0.717, 1.165) is 25.7 Å². The number of hydrogen-bond donors (Lipinski definition) is 1. The molecule has 3 heterocycles. The first-order valence-corrected chi connectivity index (χ1v) is 15.3. The molecule has 0 aliphatic heterocycles. The van der Waals surface area contributed by atoms with Crippen molar-refractivity contribution in [2.75, 3.05) is 0 Å². The summed E-state index contributed by atoms with van der Waals surface area (Å²) in [5, 5.41) is 10.5. The van der Waals surface area contributed by atoms with Crippen molar-refractivity contribution in [3.05, 3.63) is 68.7 Å². The highest BCUT2D eigenvalue weighted by molar-refractivity contribution is 7.22. The third-order valence-corrected chi connectivity index (χ3v) is 9.95. The van der Waals surface area contributed by atoms with E-state index in [-0.39, 0.29) is 24.5 Å². The fourth-order valence-corrected chi connectivity index (χ4v) is 8.08. The molecule has 6 rings (SSSR count). The molecule has 3 atom stereocenters. The first kappa shape index (κ1) is 29.7. The third kappa shape index (κ3) is 5.56. The SMILES string of the molecule is Cc1c(-c2ncco2)sc2c1c(=O)n(C(C)(C)C)c(=O)n2CC(OC1CC2CC(O)CC2C1)c1ccccc1OC(F)F. The van der Waals surface area contributed by atoms with Gasteiger partial charge in [0, 0.05) is 11.1 Å². The lowest BCUT2D eigenvalue weighted by Crippen LogP contribution is -2.48. The van der Waals surface area contributed by atoms with E-state index in [4.69, 9.17) is 13.9 Å². The molecule has 9 nitrogen and oxygen atoms in total. The lowest BCUT2D eigenvalue weighted by molar-refractivity contribution is -0.0570. The van der Waals surface area contributed by atoms with Crippen LogP contribution in [0.15, 0.2) is 50.7 Å². The molecule has 0 amide bonds. The lowest BCUT2D eigenvalue weighted by atomic mass is 10.0. The van der Waals surface area contributed by atoms with Gasteiger partial charge in [0.1, 0.15) is 22.9 Å². The Hall–Kier alpha value is -3.35. The number of alkyl halides is 2. The second-order valence-corrected chi connectivity index (χ2v) is 13.6. The average Bonchev–Trinajstić information content (AvgIpc) is 3.69. The van der Waals surface area contributed by atoms with Gasteiger partial charge >= 0.3 is 12.3 Å². The van der Waals surface area contributed by atoms with Gasteiger partial charge in [-0.2, -0.15) is 8.78 Å². The number of rotatable bonds is 8. The number of aliphatic hydroxyl groups is 1. The fourth-order valence-electron chi connectivity index (χ4n) is 6.84. The molecule has 12 heteroatoms. The molecule has 2 saturated carbocycles. The van der Waals surface area contributed by atoms with Crippen LogP contribution in [0.5, 0.6) is 5.75 Å². The van der Waals surface area contributed by atoms with Crippen LogP contribution < -0.4 is 16.0 Å². The van der Waals surface area contributed by atoms with Crippen molar-refractivity contribution in [2.45, 2.75) is 90.4 Å². The Morgan fingerprint density at radius 1 is 1.14 bits per heavy atom. The summed E-state index contributed by atoms with van der Waals surface area (Å²) in [6.45, 7) is 4.06. The highest BCUT2D eigenvalue weighted by Crippen LogP contribution is 2.47. The molecular formula is C31H35F2N3O6S. The third-order valence-electron chi connectivity index (χ3n) is 8.64. The van der Waals surface area contributed by atoms with Gasteiger partial charge in [-0.1, -0.05) is 18.2 Å². The maximum absolute atomic E-state index is 14.2. The number of aryl methyl sites for hydroxylation is 1. The number of benzene rings is 1. The van der Waals surface area contributed by atoms with Crippen LogP contribution in [0.25, 0.3) is 21.0 Å². The number of aliphatic hydroxyl groups excluding tert-OH is 1. The Bertz CT molecular complexity index is 1730. The summed E-state index contributed by atoms with van der Waals surface area (Å²) < 4.78 is 46.8. The van der Waals surface area contributed by atoms with Gasteiger partial charge in [-0.3, -0.25) is 13.9 Å². The highest BCUT2D eigenvalue weighted by atomic mass is 32.1. The van der Waals surface area contributed by atoms with E-state index >= 15 is 0 Å². The van der Waals surface area contributed by atoms with Crippen molar-refractivity contribution in [3.63, 3.8) is 0 Å². The minimum atomic E-state index is -3.05. The summed E-state index contributed by atoms with van der Waals surface area (Å²) in [4.78, 5) is 33.3. The van der Waals surface area contributed by atoms with Gasteiger partial charge in [-0.05, 0) is 76.8 Å². The minimum absolute atomic E-state index is 0.0348. The standard InChI is InChI=1S/C31H35F2N3O6S/c1-16-24-27(38)36(31(2,3)4)30(39)35(28(24)43-25(16)26-34-9-10-40-26)15-23(21-7-5-6-8-22(21)42-29(32)33)41-20-13-17-11-19(37)12-18(17)14-20/h5-10,17-20,23,29,37H,11-15H2,1-4H3. The minimum Gasteiger partial charge on any atom is -0.444 e. The first-order chi connectivity index (χ1) is 20.4. The summed E-state index contributed by atoms with van der Waals surface area (Å²) >= 11 is 1.22. The van der Waals surface area contributed by atoms with Crippen LogP contribution >= 0.6 is 11.3 Å². The molecular weight excluding hydrogens is 580 g/mol. The number of ether oxygens (including phenoxy) is 2. The Kier molecular flexibility index (Phi) is 7.80. The van der Waals surface area contributed by atoms with Gasteiger partial charge in [0.05, 0.1) is 35.2 Å². The van der Waals surface area contributed by atoms with Gasteiger partial charge in [-0.25, -0.2) is 9.78 Å². The molecule has 0 bridgehead atoms. The molecule has 3 aromatic heterocycles. The maximum atomic E-state index is 14.2. The molecule has 0 radical (unpaired) electrons. The zero-order valence-electron chi connectivity index (χ0n) is 24.5. The quantitative estimate of drug-likeness (QED) is 0.265. The topological polar surface area (TPSA) is 109 Å². The van der Waals surface area contributed by atoms with Gasteiger partial charge in [-0.15, -0.1) is 11.3 Å². The Morgan fingerprint density at radius 3 is 2.47 bits per heavy atom. The van der Waals surface area contributed by atoms with E-state index < -0.39 is 29.5 Å². The van der Waals surface area contributed by atoms with Gasteiger partial charge < -0.3 is 19.0 Å². The van der Waals surface area contributed by atoms with Crippen molar-refractivity contribution in [2.24, 2.45) is 11.8 Å². The predicted octanol–water partition coefficient (Wildman–Crippen LogP) is 5.85. The molecule has 2 aliphatic carbocycles. The van der Waals surface area contributed by atoms with Crippen LogP contribution in [0.4, 0.5) is 8.78 Å². The molecule has 0 saturated heterocycles. The molecule has 1 N–H and O–H groups in total. The number of thiophene rings is 1. The molecule has 230 valence electrons. The van der Waals surface area contributed by atoms with E-state index in [0.29, 0.717) is 43.9 Å². The van der Waals surface area contributed by atoms with Crippen LogP contribution in [0.2, 0.25) is 0 Å². The van der Waals surface area contributed by atoms with E-state index in [1.54, 1.807) is 45.9 Å². The monoisotopic (exact) mass is 615 g/mol. The molecule has 3 unspecified atom stereocenters. The molecule has 4 aromatic rings. The predicted molar refractivity (Wildman–Crippen MR) is 158 cm³/mol. The summed E-state index contributed by atoms with van der Waals surface area (Å²) in [6, 6.07) is 6.45. The van der Waals surface area contributed by atoms with Gasteiger partial charge in [0.2, 0.25) is 5.89 Å². The zero-order valence-corrected chi connectivity index (χ0v) is 25.3. The Morgan fingerprint density at radius 2 is 1.84 bits per heavy atom. The largest absolute Gasteiger partial charge is 0.444 e. The van der Waals surface area contributed by atoms with Crippen LogP contribution in [-0.4, -0.2) is 38.0 Å².